The normalized spacial score (nSPS) is 27.5. The third-order valence-corrected chi connectivity index (χ3v) is 7.28. The van der Waals surface area contributed by atoms with Crippen molar-refractivity contribution in [2.45, 2.75) is 30.9 Å². The second kappa shape index (κ2) is 7.00. The average molecular weight is 464 g/mol. The summed E-state index contributed by atoms with van der Waals surface area (Å²) in [4.78, 5) is 28.8. The number of hydrogen-bond donors (Lipinski definition) is 1. The van der Waals surface area contributed by atoms with Crippen LogP contribution in [0.2, 0.25) is 10.0 Å². The van der Waals surface area contributed by atoms with Crippen LogP contribution in [0.1, 0.15) is 19.3 Å². The van der Waals surface area contributed by atoms with Gasteiger partial charge in [-0.15, -0.1) is 0 Å². The largest absolute Gasteiger partial charge is 0.480 e. The number of rotatable bonds is 6. The van der Waals surface area contributed by atoms with Gasteiger partial charge in [0.1, 0.15) is 11.6 Å². The number of nitrogens with zero attached hydrogens (tertiary/aromatic N) is 2. The van der Waals surface area contributed by atoms with Crippen LogP contribution in [0.5, 0.6) is 5.75 Å². The molecule has 3 amide bonds. The number of primary amides is 1. The van der Waals surface area contributed by atoms with Gasteiger partial charge in [0.05, 0.1) is 5.02 Å². The second-order valence-corrected chi connectivity index (χ2v) is 9.50. The Bertz CT molecular complexity index is 1060. The Balaban J connectivity index is 1.28. The quantitative estimate of drug-likeness (QED) is 0.696. The molecule has 3 saturated carbocycles. The molecular formula is C22H20Cl2FN3O3. The Labute approximate surface area is 188 Å². The molecule has 2 aromatic rings. The summed E-state index contributed by atoms with van der Waals surface area (Å²) in [7, 11) is 0. The van der Waals surface area contributed by atoms with Crippen molar-refractivity contribution in [3.8, 4) is 5.75 Å². The lowest BCUT2D eigenvalue weighted by atomic mass is 9.37. The lowest BCUT2D eigenvalue weighted by molar-refractivity contribution is -0.237. The van der Waals surface area contributed by atoms with E-state index in [9.17, 15) is 14.0 Å². The molecule has 9 heteroatoms. The highest BCUT2D eigenvalue weighted by molar-refractivity contribution is 6.31. The lowest BCUT2D eigenvalue weighted by Crippen LogP contribution is -2.80. The number of ether oxygens (including phenoxy) is 1. The first-order valence-corrected chi connectivity index (χ1v) is 10.7. The van der Waals surface area contributed by atoms with Gasteiger partial charge in [0.15, 0.2) is 6.10 Å². The molecule has 1 saturated heterocycles. The molecule has 2 bridgehead atoms. The van der Waals surface area contributed by atoms with E-state index < -0.39 is 23.2 Å². The predicted octanol–water partition coefficient (Wildman–Crippen LogP) is 4.23. The number of carbonyl (C=O) groups is 2. The summed E-state index contributed by atoms with van der Waals surface area (Å²) >= 11 is 11.7. The first kappa shape index (κ1) is 20.4. The highest BCUT2D eigenvalue weighted by atomic mass is 35.5. The van der Waals surface area contributed by atoms with Crippen molar-refractivity contribution in [2.24, 2.45) is 11.1 Å². The van der Waals surface area contributed by atoms with Crippen LogP contribution in [0, 0.1) is 11.2 Å². The molecule has 162 valence electrons. The first-order valence-electron chi connectivity index (χ1n) is 9.99. The molecule has 1 heterocycles. The Morgan fingerprint density at radius 2 is 1.77 bits per heavy atom. The van der Waals surface area contributed by atoms with E-state index in [1.54, 1.807) is 17.0 Å². The third-order valence-electron chi connectivity index (χ3n) is 6.72. The van der Waals surface area contributed by atoms with Crippen LogP contribution in [-0.2, 0) is 4.79 Å². The molecule has 2 aromatic carbocycles. The van der Waals surface area contributed by atoms with E-state index in [2.05, 4.69) is 0 Å². The van der Waals surface area contributed by atoms with Gasteiger partial charge < -0.3 is 15.4 Å². The third kappa shape index (κ3) is 3.13. The molecular weight excluding hydrogens is 444 g/mol. The Morgan fingerprint density at radius 3 is 2.39 bits per heavy atom. The van der Waals surface area contributed by atoms with E-state index in [0.717, 1.165) is 11.8 Å². The number of anilines is 1. The minimum Gasteiger partial charge on any atom is -0.480 e. The van der Waals surface area contributed by atoms with Crippen LogP contribution in [0.25, 0.3) is 0 Å². The van der Waals surface area contributed by atoms with Gasteiger partial charge >= 0.3 is 6.03 Å². The van der Waals surface area contributed by atoms with Gasteiger partial charge in [-0.05, 0) is 55.7 Å². The van der Waals surface area contributed by atoms with Crippen molar-refractivity contribution in [2.75, 3.05) is 18.0 Å². The fourth-order valence-corrected chi connectivity index (χ4v) is 5.63. The number of carbonyl (C=O) groups excluding carboxylic acids is 2. The second-order valence-electron chi connectivity index (χ2n) is 8.66. The molecule has 3 aliphatic carbocycles. The van der Waals surface area contributed by atoms with Crippen molar-refractivity contribution in [3.63, 3.8) is 0 Å². The molecule has 6 nitrogen and oxygen atoms in total. The maximum Gasteiger partial charge on any atom is 0.325 e. The molecule has 0 radical (unpaired) electrons. The van der Waals surface area contributed by atoms with Gasteiger partial charge in [-0.3, -0.25) is 9.69 Å². The van der Waals surface area contributed by atoms with Gasteiger partial charge in [-0.1, -0.05) is 23.2 Å². The van der Waals surface area contributed by atoms with Gasteiger partial charge in [-0.25, -0.2) is 9.18 Å². The Kier molecular flexibility index (Phi) is 4.61. The van der Waals surface area contributed by atoms with Crippen molar-refractivity contribution in [1.82, 2.24) is 4.90 Å². The number of urea groups is 1. The molecule has 4 aliphatic rings. The minimum absolute atomic E-state index is 0.0229. The van der Waals surface area contributed by atoms with E-state index >= 15 is 0 Å². The van der Waals surface area contributed by atoms with E-state index in [-0.39, 0.29) is 22.3 Å². The van der Waals surface area contributed by atoms with Crippen LogP contribution in [0.15, 0.2) is 42.5 Å². The zero-order chi connectivity index (χ0) is 22.0. The summed E-state index contributed by atoms with van der Waals surface area (Å²) in [5.74, 6) is -1.02. The first-order chi connectivity index (χ1) is 14.7. The standard InChI is InChI=1S/C22H20Cl2FN3O3/c23-13-1-3-14(4-2-13)27-7-8-28(20(27)30)22-10-21(11-22,12-22)18(19(26)29)31-15-5-6-16(24)17(25)9-15/h1-6,9,18H,7-8,10-12H2,(H2,26,29). The number of hydrogen-bond acceptors (Lipinski definition) is 3. The highest BCUT2D eigenvalue weighted by Gasteiger charge is 2.76. The fourth-order valence-electron chi connectivity index (χ4n) is 5.38. The van der Waals surface area contributed by atoms with Gasteiger partial charge in [0.25, 0.3) is 5.91 Å². The number of halogens is 3. The molecule has 1 aliphatic heterocycles. The van der Waals surface area contributed by atoms with Crippen LogP contribution in [0.4, 0.5) is 14.9 Å². The summed E-state index contributed by atoms with van der Waals surface area (Å²) in [6.45, 7) is 1.21. The van der Waals surface area contributed by atoms with E-state index in [1.807, 2.05) is 17.0 Å². The van der Waals surface area contributed by atoms with Crippen LogP contribution in [-0.4, -0.2) is 41.6 Å². The summed E-state index contributed by atoms with van der Waals surface area (Å²) in [6.07, 6.45) is 0.998. The Morgan fingerprint density at radius 1 is 1.10 bits per heavy atom. The van der Waals surface area contributed by atoms with Gasteiger partial charge in [0, 0.05) is 40.8 Å². The molecule has 2 N–H and O–H groups in total. The predicted molar refractivity (Wildman–Crippen MR) is 115 cm³/mol. The zero-order valence-corrected chi connectivity index (χ0v) is 18.0. The summed E-state index contributed by atoms with van der Waals surface area (Å²) in [6, 6.07) is 11.2. The smallest absolute Gasteiger partial charge is 0.325 e. The van der Waals surface area contributed by atoms with Gasteiger partial charge in [0.2, 0.25) is 0 Å². The van der Waals surface area contributed by atoms with Crippen LogP contribution < -0.4 is 15.4 Å². The molecule has 1 atom stereocenters. The molecule has 4 fully saturated rings. The summed E-state index contributed by atoms with van der Waals surface area (Å²) in [5, 5.41) is 0.594. The van der Waals surface area contributed by atoms with Crippen molar-refractivity contribution in [3.05, 3.63) is 58.3 Å². The van der Waals surface area contributed by atoms with Crippen molar-refractivity contribution < 1.29 is 18.7 Å². The molecule has 6 rings (SSSR count). The highest BCUT2D eigenvalue weighted by Crippen LogP contribution is 2.72. The lowest BCUT2D eigenvalue weighted by Gasteiger charge is -2.74. The maximum atomic E-state index is 13.8. The Hall–Kier alpha value is -2.51. The van der Waals surface area contributed by atoms with Crippen LogP contribution in [0.3, 0.4) is 0 Å². The molecule has 0 spiro atoms. The fraction of sp³-hybridized carbons (Fsp3) is 0.364. The van der Waals surface area contributed by atoms with E-state index in [1.165, 1.54) is 12.1 Å². The number of benzene rings is 2. The molecule has 1 unspecified atom stereocenters. The zero-order valence-electron chi connectivity index (χ0n) is 16.5. The number of amides is 3. The molecule has 0 aromatic heterocycles. The maximum absolute atomic E-state index is 13.8. The topological polar surface area (TPSA) is 75.9 Å². The minimum atomic E-state index is -0.889. The SMILES string of the molecule is NC(=O)C(Oc1ccc(Cl)c(F)c1)C12CC(N3CCN(c4ccc(Cl)cc4)C3=O)(C1)C2. The van der Waals surface area contributed by atoms with Crippen molar-refractivity contribution in [1.29, 1.82) is 0 Å². The molecule has 31 heavy (non-hydrogen) atoms. The van der Waals surface area contributed by atoms with Gasteiger partial charge in [-0.2, -0.15) is 0 Å². The van der Waals surface area contributed by atoms with Crippen molar-refractivity contribution >= 4 is 40.8 Å². The van der Waals surface area contributed by atoms with E-state index in [0.29, 0.717) is 37.4 Å². The summed E-state index contributed by atoms with van der Waals surface area (Å²) < 4.78 is 19.5. The van der Waals surface area contributed by atoms with Crippen LogP contribution >= 0.6 is 23.2 Å². The number of nitrogens with two attached hydrogens (primary N) is 1. The monoisotopic (exact) mass is 463 g/mol. The van der Waals surface area contributed by atoms with E-state index in [4.69, 9.17) is 33.7 Å². The average Bonchev–Trinajstić information content (AvgIpc) is 3.04. The summed E-state index contributed by atoms with van der Waals surface area (Å²) in [5.41, 5.74) is 5.72.